The third-order valence-electron chi connectivity index (χ3n) is 5.42. The normalized spacial score (nSPS) is 18.4. The van der Waals surface area contributed by atoms with Gasteiger partial charge in [-0.1, -0.05) is 9.13 Å². The van der Waals surface area contributed by atoms with Crippen molar-refractivity contribution in [3.05, 3.63) is 0 Å². The van der Waals surface area contributed by atoms with Crippen LogP contribution in [-0.2, 0) is 23.3 Å². The highest BCUT2D eigenvalue weighted by molar-refractivity contribution is 7.46. The molecule has 0 amide bonds. The van der Waals surface area contributed by atoms with Gasteiger partial charge in [-0.25, -0.2) is 0 Å². The molecule has 0 aliphatic carbocycles. The van der Waals surface area contributed by atoms with Crippen LogP contribution in [0, 0.1) is 0 Å². The molecule has 0 radical (unpaired) electrons. The Bertz CT molecular complexity index is 513. The van der Waals surface area contributed by atoms with Gasteiger partial charge in [0, 0.05) is 21.1 Å². The summed E-state index contributed by atoms with van der Waals surface area (Å²) in [5.41, 5.74) is 0. The summed E-state index contributed by atoms with van der Waals surface area (Å²) in [6.45, 7) is 7.08. The molecule has 6 unspecified atom stereocenters. The second-order valence-electron chi connectivity index (χ2n) is 8.40. The number of hydrogen-bond acceptors (Lipinski definition) is 8. The predicted octanol–water partition coefficient (Wildman–Crippen LogP) is 3.11. The molecule has 178 valence electrons. The molecule has 0 spiro atoms. The van der Waals surface area contributed by atoms with Crippen molar-refractivity contribution in [2.24, 2.45) is 0 Å². The minimum Gasteiger partial charge on any atom is -0.394 e. The van der Waals surface area contributed by atoms with Gasteiger partial charge >= 0.3 is 15.6 Å². The SMILES string of the molecule is COC(CO)C(O)C(C)(OC)[P+](=O)CCCCCC[P+](=O)C(C)(C)COC(C)CO. The molecule has 30 heavy (non-hydrogen) atoms. The van der Waals surface area contributed by atoms with Gasteiger partial charge in [0.05, 0.1) is 25.9 Å². The van der Waals surface area contributed by atoms with Crippen molar-refractivity contribution < 1.29 is 38.7 Å². The zero-order valence-corrected chi connectivity index (χ0v) is 21.2. The molecule has 0 aromatic heterocycles. The Morgan fingerprint density at radius 1 is 0.900 bits per heavy atom. The molecule has 0 aliphatic heterocycles. The highest BCUT2D eigenvalue weighted by Gasteiger charge is 2.53. The van der Waals surface area contributed by atoms with Crippen LogP contribution >= 0.6 is 15.6 Å². The summed E-state index contributed by atoms with van der Waals surface area (Å²) in [6.07, 6.45) is 1.89. The number of unbranched alkanes of at least 4 members (excludes halogenated alkanes) is 3. The Morgan fingerprint density at radius 3 is 1.87 bits per heavy atom. The summed E-state index contributed by atoms with van der Waals surface area (Å²) in [5.74, 6) is 0. The molecule has 0 saturated carbocycles. The van der Waals surface area contributed by atoms with Crippen LogP contribution in [0.15, 0.2) is 0 Å². The minimum atomic E-state index is -1.88. The molecular formula is C20H42O8P2+2. The second-order valence-corrected chi connectivity index (χ2v) is 12.9. The minimum absolute atomic E-state index is 0.0552. The number of aliphatic hydroxyl groups excluding tert-OH is 3. The Morgan fingerprint density at radius 2 is 1.43 bits per heavy atom. The number of methoxy groups -OCH3 is 2. The average Bonchev–Trinajstić information content (AvgIpc) is 2.73. The van der Waals surface area contributed by atoms with Crippen molar-refractivity contribution in [3.8, 4) is 0 Å². The highest BCUT2D eigenvalue weighted by atomic mass is 31.1. The van der Waals surface area contributed by atoms with E-state index in [1.807, 2.05) is 13.8 Å². The summed E-state index contributed by atoms with van der Waals surface area (Å²) in [4.78, 5) is 0. The third kappa shape index (κ3) is 9.62. The van der Waals surface area contributed by atoms with E-state index in [2.05, 4.69) is 0 Å². The van der Waals surface area contributed by atoms with Gasteiger partial charge < -0.3 is 29.5 Å². The van der Waals surface area contributed by atoms with E-state index in [0.29, 0.717) is 25.4 Å². The first-order valence-corrected chi connectivity index (χ1v) is 13.4. The third-order valence-corrected chi connectivity index (χ3v) is 9.78. The van der Waals surface area contributed by atoms with Crippen molar-refractivity contribution in [1.82, 2.24) is 0 Å². The Kier molecular flexibility index (Phi) is 14.9. The number of aliphatic hydroxyl groups is 3. The molecule has 0 fully saturated rings. The molecule has 8 nitrogen and oxygen atoms in total. The lowest BCUT2D eigenvalue weighted by atomic mass is 10.1. The fraction of sp³-hybridized carbons (Fsp3) is 1.00. The standard InChI is InChI=1S/C20H42O8P2/c1-16(13-21)28-15-19(2,3)29(24)11-9-7-8-10-12-30(25)20(4,27-6)18(23)17(14-22)26-5/h16-18,21-23H,7-15H2,1-6H3/q+2. The van der Waals surface area contributed by atoms with Gasteiger partial charge in [-0.05, 0) is 46.5 Å². The fourth-order valence-corrected chi connectivity index (χ4v) is 5.83. The Labute approximate surface area is 183 Å². The van der Waals surface area contributed by atoms with E-state index in [1.165, 1.54) is 14.2 Å². The van der Waals surface area contributed by atoms with Crippen LogP contribution in [0.4, 0.5) is 0 Å². The molecule has 0 heterocycles. The molecule has 0 aliphatic rings. The lowest BCUT2D eigenvalue weighted by Gasteiger charge is -2.28. The van der Waals surface area contributed by atoms with Gasteiger partial charge in [-0.15, -0.1) is 0 Å². The van der Waals surface area contributed by atoms with Gasteiger partial charge in [0.1, 0.15) is 18.4 Å². The van der Waals surface area contributed by atoms with E-state index in [1.54, 1.807) is 13.8 Å². The van der Waals surface area contributed by atoms with E-state index in [9.17, 15) is 19.3 Å². The van der Waals surface area contributed by atoms with Crippen LogP contribution < -0.4 is 0 Å². The van der Waals surface area contributed by atoms with E-state index < -0.39 is 44.9 Å². The summed E-state index contributed by atoms with van der Waals surface area (Å²) < 4.78 is 41.2. The van der Waals surface area contributed by atoms with Crippen molar-refractivity contribution in [3.63, 3.8) is 0 Å². The van der Waals surface area contributed by atoms with Crippen molar-refractivity contribution in [2.45, 2.75) is 82.2 Å². The monoisotopic (exact) mass is 472 g/mol. The largest absolute Gasteiger partial charge is 0.394 e. The van der Waals surface area contributed by atoms with Crippen LogP contribution in [0.5, 0.6) is 0 Å². The van der Waals surface area contributed by atoms with Gasteiger partial charge in [-0.3, -0.25) is 0 Å². The maximum Gasteiger partial charge on any atom is 0.376 e. The van der Waals surface area contributed by atoms with Crippen LogP contribution in [0.25, 0.3) is 0 Å². The number of rotatable bonds is 18. The average molecular weight is 472 g/mol. The summed E-state index contributed by atoms with van der Waals surface area (Å²) in [5, 5.41) is 27.0. The molecule has 0 aromatic carbocycles. The summed E-state index contributed by atoms with van der Waals surface area (Å²) >= 11 is 0. The van der Waals surface area contributed by atoms with Crippen molar-refractivity contribution >= 4 is 15.6 Å². The van der Waals surface area contributed by atoms with E-state index in [4.69, 9.17) is 19.3 Å². The highest BCUT2D eigenvalue weighted by Crippen LogP contribution is 2.44. The fourth-order valence-electron chi connectivity index (χ4n) is 2.88. The lowest BCUT2D eigenvalue weighted by molar-refractivity contribution is -0.115. The van der Waals surface area contributed by atoms with Gasteiger partial charge in [-0.2, -0.15) is 0 Å². The first-order valence-electron chi connectivity index (χ1n) is 10.5. The van der Waals surface area contributed by atoms with Crippen LogP contribution in [0.2, 0.25) is 0 Å². The molecule has 0 rings (SSSR count). The molecule has 10 heteroatoms. The van der Waals surface area contributed by atoms with Gasteiger partial charge in [0.15, 0.2) is 11.3 Å². The maximum atomic E-state index is 12.7. The topological polar surface area (TPSA) is 123 Å². The Balaban J connectivity index is 4.33. The van der Waals surface area contributed by atoms with E-state index in [-0.39, 0.29) is 12.7 Å². The summed E-state index contributed by atoms with van der Waals surface area (Å²) in [6, 6.07) is 0. The van der Waals surface area contributed by atoms with E-state index in [0.717, 1.165) is 19.3 Å². The molecular weight excluding hydrogens is 430 g/mol. The van der Waals surface area contributed by atoms with Crippen molar-refractivity contribution in [1.29, 1.82) is 0 Å². The number of ether oxygens (including phenoxy) is 3. The van der Waals surface area contributed by atoms with E-state index >= 15 is 0 Å². The molecule has 0 saturated heterocycles. The molecule has 6 atom stereocenters. The predicted molar refractivity (Wildman–Crippen MR) is 119 cm³/mol. The van der Waals surface area contributed by atoms with Crippen LogP contribution in [0.1, 0.15) is 53.4 Å². The molecule has 3 N–H and O–H groups in total. The van der Waals surface area contributed by atoms with Gasteiger partial charge in [0.2, 0.25) is 0 Å². The molecule has 0 bridgehead atoms. The van der Waals surface area contributed by atoms with Crippen LogP contribution in [-0.4, -0.2) is 90.5 Å². The quantitative estimate of drug-likeness (QED) is 0.205. The van der Waals surface area contributed by atoms with Crippen LogP contribution in [0.3, 0.4) is 0 Å². The second kappa shape index (κ2) is 14.9. The first kappa shape index (κ1) is 30.0. The lowest BCUT2D eigenvalue weighted by Crippen LogP contribution is -2.48. The number of hydrogen-bond donors (Lipinski definition) is 3. The smallest absolute Gasteiger partial charge is 0.376 e. The Hall–Kier alpha value is -0.0400. The molecule has 0 aromatic rings. The van der Waals surface area contributed by atoms with Crippen molar-refractivity contribution in [2.75, 3.05) is 46.4 Å². The zero-order valence-electron chi connectivity index (χ0n) is 19.4. The summed E-state index contributed by atoms with van der Waals surface area (Å²) in [7, 11) is -0.555. The maximum absolute atomic E-state index is 12.7. The van der Waals surface area contributed by atoms with Gasteiger partial charge in [0.25, 0.3) is 5.34 Å². The zero-order chi connectivity index (χ0) is 23.4. The first-order chi connectivity index (χ1) is 14.0.